The Bertz CT molecular complexity index is 524. The topological polar surface area (TPSA) is 84.2 Å². The Balaban J connectivity index is 2.53. The third kappa shape index (κ3) is 7.02. The lowest BCUT2D eigenvalue weighted by Gasteiger charge is -2.23. The maximum Gasteiger partial charge on any atom is 0.312 e. The predicted octanol–water partition coefficient (Wildman–Crippen LogP) is 3.46. The third-order valence-electron chi connectivity index (χ3n) is 4.08. The van der Waals surface area contributed by atoms with E-state index < -0.39 is 6.03 Å². The summed E-state index contributed by atoms with van der Waals surface area (Å²) in [5.74, 6) is 0.858. The number of hydrogen-bond donors (Lipinski definition) is 3. The van der Waals surface area contributed by atoms with Gasteiger partial charge >= 0.3 is 6.03 Å². The van der Waals surface area contributed by atoms with Crippen LogP contribution in [0.2, 0.25) is 0 Å². The zero-order valence-electron chi connectivity index (χ0n) is 15.3. The fourth-order valence-electron chi connectivity index (χ4n) is 2.59. The highest BCUT2D eigenvalue weighted by molar-refractivity contribution is 5.76. The summed E-state index contributed by atoms with van der Waals surface area (Å²) in [6.45, 7) is 9.07. The zero-order valence-corrected chi connectivity index (χ0v) is 15.3. The predicted molar refractivity (Wildman–Crippen MR) is 97.7 cm³/mol. The molecular formula is C19H31N3O2. The van der Waals surface area contributed by atoms with Crippen LogP contribution in [0.4, 0.5) is 4.79 Å². The number of carbonyl (C=O) groups is 2. The summed E-state index contributed by atoms with van der Waals surface area (Å²) in [6.07, 6.45) is 1.92. The van der Waals surface area contributed by atoms with Crippen LogP contribution >= 0.6 is 0 Å². The highest BCUT2D eigenvalue weighted by Gasteiger charge is 2.18. The van der Waals surface area contributed by atoms with Gasteiger partial charge in [0.25, 0.3) is 0 Å². The molecule has 0 radical (unpaired) electrons. The summed E-state index contributed by atoms with van der Waals surface area (Å²) in [5.41, 5.74) is 7.44. The molecule has 1 aromatic rings. The molecule has 0 saturated carbocycles. The average Bonchev–Trinajstić information content (AvgIpc) is 2.51. The molecule has 0 aliphatic rings. The van der Waals surface area contributed by atoms with Crippen molar-refractivity contribution in [3.8, 4) is 0 Å². The van der Waals surface area contributed by atoms with Crippen LogP contribution in [0.5, 0.6) is 0 Å². The Morgan fingerprint density at radius 1 is 1.00 bits per heavy atom. The maximum absolute atomic E-state index is 12.2. The highest BCUT2D eigenvalue weighted by Crippen LogP contribution is 2.24. The van der Waals surface area contributed by atoms with Crippen LogP contribution in [0.25, 0.3) is 0 Å². The van der Waals surface area contributed by atoms with Crippen molar-refractivity contribution < 1.29 is 9.59 Å². The van der Waals surface area contributed by atoms with Gasteiger partial charge < -0.3 is 16.4 Å². The van der Waals surface area contributed by atoms with Crippen LogP contribution in [0.1, 0.15) is 70.0 Å². The molecule has 0 aromatic heterocycles. The third-order valence-corrected chi connectivity index (χ3v) is 4.08. The molecule has 1 unspecified atom stereocenters. The molecule has 134 valence electrons. The molecule has 3 amide bonds. The van der Waals surface area contributed by atoms with Gasteiger partial charge in [-0.05, 0) is 35.8 Å². The van der Waals surface area contributed by atoms with Gasteiger partial charge in [0.15, 0.2) is 0 Å². The van der Waals surface area contributed by atoms with E-state index in [0.717, 1.165) is 18.4 Å². The smallest absolute Gasteiger partial charge is 0.312 e. The second-order valence-corrected chi connectivity index (χ2v) is 6.86. The number of urea groups is 1. The van der Waals surface area contributed by atoms with Gasteiger partial charge in [0.1, 0.15) is 0 Å². The molecule has 1 rings (SSSR count). The molecule has 0 fully saturated rings. The Hall–Kier alpha value is -2.04. The minimum absolute atomic E-state index is 0.0162. The molecule has 5 heteroatoms. The van der Waals surface area contributed by atoms with Gasteiger partial charge in [-0.15, -0.1) is 0 Å². The van der Waals surface area contributed by atoms with Gasteiger partial charge in [0, 0.05) is 13.0 Å². The van der Waals surface area contributed by atoms with E-state index in [1.807, 2.05) is 0 Å². The number of nitrogens with one attached hydrogen (secondary N) is 2. The molecule has 5 nitrogen and oxygen atoms in total. The van der Waals surface area contributed by atoms with Crippen molar-refractivity contribution in [2.24, 2.45) is 11.7 Å². The SMILES string of the molecule is CC(C)c1ccc(C(NC(=O)CCCCNC(N)=O)C(C)C)cc1. The standard InChI is InChI=1S/C19H31N3O2/c1-13(2)15-8-10-16(11-9-15)18(14(3)4)22-17(23)7-5-6-12-21-19(20)24/h8-11,13-14,18H,5-7,12H2,1-4H3,(H,22,23)(H3,20,21,24). The van der Waals surface area contributed by atoms with Gasteiger partial charge in [0.05, 0.1) is 6.04 Å². The quantitative estimate of drug-likeness (QED) is 0.605. The maximum atomic E-state index is 12.2. The molecule has 0 bridgehead atoms. The van der Waals surface area contributed by atoms with Crippen molar-refractivity contribution in [1.82, 2.24) is 10.6 Å². The molecule has 1 atom stereocenters. The first-order valence-corrected chi connectivity index (χ1v) is 8.73. The fraction of sp³-hybridized carbons (Fsp3) is 0.579. The second kappa shape index (κ2) is 9.96. The molecule has 0 heterocycles. The number of unbranched alkanes of at least 4 members (excludes halogenated alkanes) is 1. The Kier molecular flexibility index (Phi) is 8.30. The van der Waals surface area contributed by atoms with E-state index >= 15 is 0 Å². The number of nitrogens with two attached hydrogens (primary N) is 1. The van der Waals surface area contributed by atoms with Crippen molar-refractivity contribution in [3.05, 3.63) is 35.4 Å². The van der Waals surface area contributed by atoms with E-state index in [2.05, 4.69) is 62.6 Å². The van der Waals surface area contributed by atoms with Crippen molar-refractivity contribution in [2.75, 3.05) is 6.54 Å². The van der Waals surface area contributed by atoms with Gasteiger partial charge in [-0.1, -0.05) is 52.0 Å². The zero-order chi connectivity index (χ0) is 18.1. The minimum atomic E-state index is -0.524. The minimum Gasteiger partial charge on any atom is -0.352 e. The van der Waals surface area contributed by atoms with Crippen LogP contribution in [-0.4, -0.2) is 18.5 Å². The Labute approximate surface area is 145 Å². The Morgan fingerprint density at radius 2 is 1.58 bits per heavy atom. The monoisotopic (exact) mass is 333 g/mol. The second-order valence-electron chi connectivity index (χ2n) is 6.86. The molecular weight excluding hydrogens is 302 g/mol. The van der Waals surface area contributed by atoms with Gasteiger partial charge in [-0.25, -0.2) is 4.79 Å². The summed E-state index contributed by atoms with van der Waals surface area (Å²) in [7, 11) is 0. The number of primary amides is 1. The largest absolute Gasteiger partial charge is 0.352 e. The number of carbonyl (C=O) groups excluding carboxylic acids is 2. The summed E-state index contributed by atoms with van der Waals surface area (Å²) in [6, 6.07) is 7.98. The normalized spacial score (nSPS) is 12.2. The van der Waals surface area contributed by atoms with E-state index in [1.54, 1.807) is 0 Å². The van der Waals surface area contributed by atoms with Crippen LogP contribution in [0.15, 0.2) is 24.3 Å². The number of hydrogen-bond acceptors (Lipinski definition) is 2. The van der Waals surface area contributed by atoms with E-state index in [4.69, 9.17) is 5.73 Å². The van der Waals surface area contributed by atoms with Gasteiger partial charge in [0.2, 0.25) is 5.91 Å². The summed E-state index contributed by atoms with van der Waals surface area (Å²) in [4.78, 5) is 22.8. The first kappa shape index (κ1) is 20.0. The number of amides is 3. The molecule has 0 saturated heterocycles. The molecule has 1 aromatic carbocycles. The van der Waals surface area contributed by atoms with Crippen LogP contribution in [0.3, 0.4) is 0 Å². The van der Waals surface area contributed by atoms with E-state index in [0.29, 0.717) is 24.8 Å². The summed E-state index contributed by atoms with van der Waals surface area (Å²) < 4.78 is 0. The van der Waals surface area contributed by atoms with E-state index in [-0.39, 0.29) is 11.9 Å². The lowest BCUT2D eigenvalue weighted by Crippen LogP contribution is -2.32. The highest BCUT2D eigenvalue weighted by atomic mass is 16.2. The van der Waals surface area contributed by atoms with Gasteiger partial charge in [-0.2, -0.15) is 0 Å². The lowest BCUT2D eigenvalue weighted by atomic mass is 9.93. The molecule has 0 aliphatic heterocycles. The Morgan fingerprint density at radius 3 is 2.08 bits per heavy atom. The average molecular weight is 333 g/mol. The van der Waals surface area contributed by atoms with Crippen molar-refractivity contribution in [1.29, 1.82) is 0 Å². The number of benzene rings is 1. The summed E-state index contributed by atoms with van der Waals surface area (Å²) >= 11 is 0. The van der Waals surface area contributed by atoms with E-state index in [9.17, 15) is 9.59 Å². The van der Waals surface area contributed by atoms with Crippen molar-refractivity contribution in [3.63, 3.8) is 0 Å². The van der Waals surface area contributed by atoms with Crippen LogP contribution < -0.4 is 16.4 Å². The first-order chi connectivity index (χ1) is 11.3. The summed E-state index contributed by atoms with van der Waals surface area (Å²) in [5, 5.41) is 5.66. The van der Waals surface area contributed by atoms with Crippen molar-refractivity contribution >= 4 is 11.9 Å². The molecule has 4 N–H and O–H groups in total. The molecule has 0 spiro atoms. The van der Waals surface area contributed by atoms with Crippen LogP contribution in [-0.2, 0) is 4.79 Å². The van der Waals surface area contributed by atoms with E-state index in [1.165, 1.54) is 5.56 Å². The molecule has 24 heavy (non-hydrogen) atoms. The van der Waals surface area contributed by atoms with Crippen molar-refractivity contribution in [2.45, 2.75) is 58.9 Å². The van der Waals surface area contributed by atoms with Crippen LogP contribution in [0, 0.1) is 5.92 Å². The molecule has 0 aliphatic carbocycles. The first-order valence-electron chi connectivity index (χ1n) is 8.73. The lowest BCUT2D eigenvalue weighted by molar-refractivity contribution is -0.122. The fourth-order valence-corrected chi connectivity index (χ4v) is 2.59. The number of rotatable bonds is 9. The van der Waals surface area contributed by atoms with Gasteiger partial charge in [-0.3, -0.25) is 4.79 Å².